The normalized spacial score (nSPS) is 11.4. The van der Waals surface area contributed by atoms with E-state index in [9.17, 15) is 4.79 Å². The Bertz CT molecular complexity index is 1540. The van der Waals surface area contributed by atoms with E-state index in [0.717, 1.165) is 36.7 Å². The quantitative estimate of drug-likeness (QED) is 0.286. The monoisotopic (exact) mass is 448 g/mol. The zero-order chi connectivity index (χ0) is 20.8. The van der Waals surface area contributed by atoms with Gasteiger partial charge in [-0.1, -0.05) is 60.1 Å². The third-order valence-corrected chi connectivity index (χ3v) is 6.91. The molecule has 0 aliphatic carbocycles. The van der Waals surface area contributed by atoms with Crippen LogP contribution in [0.1, 0.15) is 11.1 Å². The molecule has 0 saturated heterocycles. The van der Waals surface area contributed by atoms with Gasteiger partial charge in [-0.3, -0.25) is 13.8 Å². The van der Waals surface area contributed by atoms with Gasteiger partial charge in [0.05, 0.1) is 22.3 Å². The predicted octanol–water partition coefficient (Wildman–Crippen LogP) is 6.72. The number of thiazole rings is 1. The fraction of sp³-hybridized carbons (Fsp3) is 0.0833. The number of aromatic nitrogens is 2. The van der Waals surface area contributed by atoms with Crippen LogP contribution in [0.2, 0.25) is 5.02 Å². The minimum absolute atomic E-state index is 0.0341. The zero-order valence-corrected chi connectivity index (χ0v) is 18.5. The van der Waals surface area contributed by atoms with Crippen LogP contribution >= 0.6 is 35.2 Å². The number of fused-ring (bicyclic) bond motifs is 3. The second-order valence-electron chi connectivity index (χ2n) is 7.21. The maximum absolute atomic E-state index is 13.6. The predicted molar refractivity (Wildman–Crippen MR) is 129 cm³/mol. The van der Waals surface area contributed by atoms with Crippen molar-refractivity contribution in [3.8, 4) is 10.4 Å². The van der Waals surface area contributed by atoms with Crippen molar-refractivity contribution in [3.05, 3.63) is 103 Å². The summed E-state index contributed by atoms with van der Waals surface area (Å²) in [7, 11) is 0. The van der Waals surface area contributed by atoms with Crippen molar-refractivity contribution in [2.45, 2.75) is 13.5 Å². The van der Waals surface area contributed by atoms with Crippen LogP contribution in [0.3, 0.4) is 0 Å². The van der Waals surface area contributed by atoms with Crippen molar-refractivity contribution in [2.75, 3.05) is 0 Å². The summed E-state index contributed by atoms with van der Waals surface area (Å²) in [6.07, 6.45) is 0. The number of para-hydroxylation sites is 1. The standard InChI is InChI=1S/C24H17ClN2OS2/c1-15-7-2-3-10-18(15)21-22-26(14-16-8-6-9-17(25)13-16)23(28)19-11-4-5-12-20(19)27(22)24(29)30-21/h2-13H,14H2,1H3. The van der Waals surface area contributed by atoms with Gasteiger partial charge in [-0.25, -0.2) is 0 Å². The largest absolute Gasteiger partial charge is 0.288 e. The van der Waals surface area contributed by atoms with E-state index in [1.54, 1.807) is 0 Å². The van der Waals surface area contributed by atoms with E-state index < -0.39 is 0 Å². The number of benzene rings is 3. The number of aryl methyl sites for hydroxylation is 1. The highest BCUT2D eigenvalue weighted by Gasteiger charge is 2.19. The fourth-order valence-electron chi connectivity index (χ4n) is 3.88. The second kappa shape index (κ2) is 7.51. The molecule has 3 nitrogen and oxygen atoms in total. The molecule has 0 bridgehead atoms. The summed E-state index contributed by atoms with van der Waals surface area (Å²) >= 11 is 13.5. The highest BCUT2D eigenvalue weighted by Crippen LogP contribution is 2.35. The molecule has 2 aromatic heterocycles. The Balaban J connectivity index is 1.93. The number of nitrogens with zero attached hydrogens (tertiary/aromatic N) is 2. The van der Waals surface area contributed by atoms with E-state index in [2.05, 4.69) is 19.1 Å². The molecule has 2 heterocycles. The molecule has 5 rings (SSSR count). The number of hydrogen-bond donors (Lipinski definition) is 0. The second-order valence-corrected chi connectivity index (χ2v) is 9.29. The van der Waals surface area contributed by atoms with E-state index >= 15 is 0 Å². The topological polar surface area (TPSA) is 26.4 Å². The minimum Gasteiger partial charge on any atom is -0.288 e. The Morgan fingerprint density at radius 1 is 1.00 bits per heavy atom. The molecule has 3 aromatic carbocycles. The van der Waals surface area contributed by atoms with Gasteiger partial charge in [0.25, 0.3) is 5.56 Å². The summed E-state index contributed by atoms with van der Waals surface area (Å²) < 4.78 is 4.57. The molecule has 0 N–H and O–H groups in total. The third-order valence-electron chi connectivity index (χ3n) is 5.28. The lowest BCUT2D eigenvalue weighted by Gasteiger charge is -2.14. The first-order valence-electron chi connectivity index (χ1n) is 9.52. The lowest BCUT2D eigenvalue weighted by molar-refractivity contribution is 0.781. The molecule has 6 heteroatoms. The van der Waals surface area contributed by atoms with Gasteiger partial charge >= 0.3 is 0 Å². The van der Waals surface area contributed by atoms with Crippen LogP contribution in [-0.2, 0) is 6.54 Å². The molecule has 0 saturated carbocycles. The van der Waals surface area contributed by atoms with Crippen molar-refractivity contribution >= 4 is 51.7 Å². The van der Waals surface area contributed by atoms with E-state index in [4.69, 9.17) is 23.8 Å². The smallest absolute Gasteiger partial charge is 0.261 e. The Morgan fingerprint density at radius 2 is 1.77 bits per heavy atom. The lowest BCUT2D eigenvalue weighted by Crippen LogP contribution is -2.23. The van der Waals surface area contributed by atoms with Crippen LogP contribution in [0.15, 0.2) is 77.6 Å². The zero-order valence-electron chi connectivity index (χ0n) is 16.1. The Kier molecular flexibility index (Phi) is 4.82. The summed E-state index contributed by atoms with van der Waals surface area (Å²) in [5, 5.41) is 1.30. The first-order valence-corrected chi connectivity index (χ1v) is 11.1. The minimum atomic E-state index is -0.0341. The maximum atomic E-state index is 13.6. The fourth-order valence-corrected chi connectivity index (χ4v) is 5.61. The van der Waals surface area contributed by atoms with Gasteiger partial charge in [-0.2, -0.15) is 0 Å². The van der Waals surface area contributed by atoms with Crippen molar-refractivity contribution in [3.63, 3.8) is 0 Å². The molecule has 0 radical (unpaired) electrons. The highest BCUT2D eigenvalue weighted by atomic mass is 35.5. The van der Waals surface area contributed by atoms with E-state index in [1.165, 1.54) is 11.3 Å². The van der Waals surface area contributed by atoms with E-state index in [-0.39, 0.29) is 5.56 Å². The summed E-state index contributed by atoms with van der Waals surface area (Å²) in [5.74, 6) is 0. The molecule has 148 valence electrons. The van der Waals surface area contributed by atoms with Crippen molar-refractivity contribution in [2.24, 2.45) is 0 Å². The average molecular weight is 449 g/mol. The molecule has 0 amide bonds. The van der Waals surface area contributed by atoms with Crippen molar-refractivity contribution in [1.82, 2.24) is 8.97 Å². The third kappa shape index (κ3) is 3.10. The van der Waals surface area contributed by atoms with Crippen molar-refractivity contribution in [1.29, 1.82) is 0 Å². The SMILES string of the molecule is Cc1ccccc1-c1sc(=S)n2c3ccccc3c(=O)n(Cc3cccc(Cl)c3)c12. The Morgan fingerprint density at radius 3 is 2.57 bits per heavy atom. The van der Waals surface area contributed by atoms with Gasteiger partial charge < -0.3 is 0 Å². The van der Waals surface area contributed by atoms with Crippen LogP contribution in [0.25, 0.3) is 27.0 Å². The van der Waals surface area contributed by atoms with Crippen LogP contribution in [-0.4, -0.2) is 8.97 Å². The molecular weight excluding hydrogens is 432 g/mol. The molecule has 0 aliphatic heterocycles. The number of rotatable bonds is 3. The molecular formula is C24H17ClN2OS2. The molecule has 30 heavy (non-hydrogen) atoms. The molecule has 0 spiro atoms. The lowest BCUT2D eigenvalue weighted by atomic mass is 10.1. The van der Waals surface area contributed by atoms with E-state index in [0.29, 0.717) is 17.0 Å². The summed E-state index contributed by atoms with van der Waals surface area (Å²) in [6.45, 7) is 2.49. The first-order chi connectivity index (χ1) is 14.5. The van der Waals surface area contributed by atoms with Gasteiger partial charge in [-0.15, -0.1) is 11.3 Å². The van der Waals surface area contributed by atoms with Gasteiger partial charge in [0, 0.05) is 5.02 Å². The van der Waals surface area contributed by atoms with Crippen molar-refractivity contribution < 1.29 is 0 Å². The maximum Gasteiger partial charge on any atom is 0.261 e. The van der Waals surface area contributed by atoms with Crippen LogP contribution in [0, 0.1) is 10.9 Å². The summed E-state index contributed by atoms with van der Waals surface area (Å²) in [4.78, 5) is 14.6. The van der Waals surface area contributed by atoms with Gasteiger partial charge in [0.15, 0.2) is 3.95 Å². The highest BCUT2D eigenvalue weighted by molar-refractivity contribution is 7.73. The summed E-state index contributed by atoms with van der Waals surface area (Å²) in [5.41, 5.74) is 4.82. The average Bonchev–Trinajstić information content (AvgIpc) is 3.08. The van der Waals surface area contributed by atoms with Gasteiger partial charge in [0.2, 0.25) is 0 Å². The molecule has 0 fully saturated rings. The van der Waals surface area contributed by atoms with Gasteiger partial charge in [0.1, 0.15) is 5.65 Å². The first kappa shape index (κ1) is 19.2. The van der Waals surface area contributed by atoms with E-state index in [1.807, 2.05) is 69.6 Å². The van der Waals surface area contributed by atoms with Crippen LogP contribution < -0.4 is 5.56 Å². The number of hydrogen-bond acceptors (Lipinski definition) is 3. The van der Waals surface area contributed by atoms with Crippen LogP contribution in [0.4, 0.5) is 0 Å². The van der Waals surface area contributed by atoms with Crippen LogP contribution in [0.5, 0.6) is 0 Å². The molecule has 0 atom stereocenters. The molecule has 5 aromatic rings. The Labute approximate surface area is 187 Å². The Hall–Kier alpha value is -2.73. The number of halogens is 1. The van der Waals surface area contributed by atoms with Gasteiger partial charge in [-0.05, 0) is 60.1 Å². The molecule has 0 aliphatic rings. The summed E-state index contributed by atoms with van der Waals surface area (Å²) in [6, 6.07) is 23.5. The molecule has 0 unspecified atom stereocenters.